The van der Waals surface area contributed by atoms with Crippen molar-refractivity contribution in [3.63, 3.8) is 0 Å². The van der Waals surface area contributed by atoms with Crippen LogP contribution in [0, 0.1) is 0 Å². The molecule has 4 heterocycles. The number of ether oxygens (including phenoxy) is 2. The molecule has 4 atom stereocenters. The maximum absolute atomic E-state index is 10.2. The van der Waals surface area contributed by atoms with Crippen LogP contribution in [-0.2, 0) is 27.9 Å². The van der Waals surface area contributed by atoms with Crippen molar-refractivity contribution in [2.75, 3.05) is 26.4 Å². The van der Waals surface area contributed by atoms with Crippen LogP contribution in [0.3, 0.4) is 0 Å². The summed E-state index contributed by atoms with van der Waals surface area (Å²) in [6.45, 7) is 7.46. The van der Waals surface area contributed by atoms with Crippen molar-refractivity contribution in [3.8, 4) is 0 Å². The van der Waals surface area contributed by atoms with Gasteiger partial charge in [-0.25, -0.2) is 0 Å². The van der Waals surface area contributed by atoms with Gasteiger partial charge >= 0.3 is 0 Å². The molecule has 23 heavy (non-hydrogen) atoms. The first-order valence-corrected chi connectivity index (χ1v) is 9.72. The predicted octanol–water partition coefficient (Wildman–Crippen LogP) is 2.32. The molecule has 1 N–H and O–H groups in total. The van der Waals surface area contributed by atoms with Crippen molar-refractivity contribution in [3.05, 3.63) is 21.4 Å². The van der Waals surface area contributed by atoms with Crippen molar-refractivity contribution in [1.82, 2.24) is 4.90 Å². The molecule has 4 nitrogen and oxygen atoms in total. The van der Waals surface area contributed by atoms with Crippen molar-refractivity contribution < 1.29 is 14.6 Å². The Labute approximate surface area is 142 Å². The zero-order valence-corrected chi connectivity index (χ0v) is 14.9. The molecule has 0 bridgehead atoms. The molecule has 3 aliphatic heterocycles. The molecular weight excluding hydrogens is 310 g/mol. The zero-order valence-electron chi connectivity index (χ0n) is 14.1. The van der Waals surface area contributed by atoms with Crippen LogP contribution in [0.4, 0.5) is 0 Å². The summed E-state index contributed by atoms with van der Waals surface area (Å²) in [7, 11) is 0. The first kappa shape index (κ1) is 16.0. The second kappa shape index (κ2) is 6.12. The van der Waals surface area contributed by atoms with E-state index in [2.05, 4.69) is 24.8 Å². The third-order valence-corrected chi connectivity index (χ3v) is 7.16. The summed E-state index contributed by atoms with van der Waals surface area (Å²) in [4.78, 5) is 5.46. The summed E-state index contributed by atoms with van der Waals surface area (Å²) in [5, 5.41) is 10.2. The summed E-state index contributed by atoms with van der Waals surface area (Å²) in [6.07, 6.45) is 3.87. The number of aliphatic hydroxyl groups is 1. The van der Waals surface area contributed by atoms with E-state index in [4.69, 9.17) is 9.47 Å². The van der Waals surface area contributed by atoms with Gasteiger partial charge in [-0.3, -0.25) is 4.90 Å². The number of hydrogen-bond acceptors (Lipinski definition) is 5. The Hall–Kier alpha value is -0.460. The maximum Gasteiger partial charge on any atom is 0.0969 e. The molecule has 2 saturated heterocycles. The Morgan fingerprint density at radius 2 is 2.30 bits per heavy atom. The van der Waals surface area contributed by atoms with Crippen LogP contribution in [0.15, 0.2) is 6.07 Å². The van der Waals surface area contributed by atoms with E-state index < -0.39 is 0 Å². The molecule has 1 aromatic rings. The summed E-state index contributed by atoms with van der Waals surface area (Å²) < 4.78 is 11.8. The molecular formula is C18H27NO3S. The highest BCUT2D eigenvalue weighted by atomic mass is 32.1. The fraction of sp³-hybridized carbons (Fsp3) is 0.778. The van der Waals surface area contributed by atoms with Gasteiger partial charge in [0.15, 0.2) is 0 Å². The van der Waals surface area contributed by atoms with Gasteiger partial charge in [-0.05, 0) is 37.8 Å². The molecule has 2 unspecified atom stereocenters. The van der Waals surface area contributed by atoms with E-state index in [1.807, 2.05) is 11.3 Å². The molecule has 5 heteroatoms. The lowest BCUT2D eigenvalue weighted by molar-refractivity contribution is -0.121. The van der Waals surface area contributed by atoms with E-state index >= 15 is 0 Å². The van der Waals surface area contributed by atoms with Crippen LogP contribution in [-0.4, -0.2) is 54.6 Å². The standard InChI is InChI=1S/C18H27NO3S/c1-3-13-8-14-17(23-13)4-7-22-18(14)5-6-19(12(2)9-18)15-10-21-11-16(15)20/h8,12,15-16,20H,3-7,9-11H2,1-2H3/t12-,15?,16?,18+/m0/s1. The van der Waals surface area contributed by atoms with Gasteiger partial charge in [-0.1, -0.05) is 6.92 Å². The Balaban J connectivity index is 1.57. The van der Waals surface area contributed by atoms with E-state index in [9.17, 15) is 5.11 Å². The number of piperidine rings is 1. The Morgan fingerprint density at radius 3 is 3.00 bits per heavy atom. The summed E-state index contributed by atoms with van der Waals surface area (Å²) >= 11 is 1.98. The third kappa shape index (κ3) is 2.67. The predicted molar refractivity (Wildman–Crippen MR) is 91.0 cm³/mol. The average Bonchev–Trinajstić information content (AvgIpc) is 3.15. The van der Waals surface area contributed by atoms with Crippen LogP contribution in [0.2, 0.25) is 0 Å². The number of nitrogens with zero attached hydrogens (tertiary/aromatic N) is 1. The number of likely N-dealkylation sites (tertiary alicyclic amines) is 1. The van der Waals surface area contributed by atoms with E-state index in [1.54, 1.807) is 0 Å². The number of thiophene rings is 1. The molecule has 3 aliphatic rings. The van der Waals surface area contributed by atoms with Gasteiger partial charge in [0, 0.05) is 28.8 Å². The minimum atomic E-state index is -0.345. The molecule has 0 aliphatic carbocycles. The lowest BCUT2D eigenvalue weighted by atomic mass is 9.78. The minimum Gasteiger partial charge on any atom is -0.389 e. The minimum absolute atomic E-state index is 0.0994. The van der Waals surface area contributed by atoms with Gasteiger partial charge in [0.25, 0.3) is 0 Å². The van der Waals surface area contributed by atoms with Crippen molar-refractivity contribution in [2.45, 2.75) is 63.3 Å². The third-order valence-electron chi connectivity index (χ3n) is 5.82. The number of aliphatic hydroxyl groups excluding tert-OH is 1. The number of rotatable bonds is 2. The number of fused-ring (bicyclic) bond motifs is 2. The van der Waals surface area contributed by atoms with Crippen molar-refractivity contribution in [1.29, 1.82) is 0 Å². The second-order valence-corrected chi connectivity index (χ2v) is 8.43. The lowest BCUT2D eigenvalue weighted by Gasteiger charge is -2.49. The lowest BCUT2D eigenvalue weighted by Crippen LogP contribution is -2.56. The van der Waals surface area contributed by atoms with Crippen LogP contribution >= 0.6 is 11.3 Å². The largest absolute Gasteiger partial charge is 0.389 e. The Kier molecular flexibility index (Phi) is 4.26. The molecule has 1 aromatic heterocycles. The first-order valence-electron chi connectivity index (χ1n) is 8.90. The molecule has 2 fully saturated rings. The smallest absolute Gasteiger partial charge is 0.0969 e. The Bertz CT molecular complexity index is 575. The van der Waals surface area contributed by atoms with Crippen molar-refractivity contribution in [2.24, 2.45) is 0 Å². The summed E-state index contributed by atoms with van der Waals surface area (Å²) in [5.41, 5.74) is 1.36. The van der Waals surface area contributed by atoms with Gasteiger partial charge < -0.3 is 14.6 Å². The van der Waals surface area contributed by atoms with Crippen LogP contribution < -0.4 is 0 Å². The van der Waals surface area contributed by atoms with Crippen molar-refractivity contribution >= 4 is 11.3 Å². The van der Waals surface area contributed by atoms with E-state index in [-0.39, 0.29) is 17.7 Å². The molecule has 0 amide bonds. The van der Waals surface area contributed by atoms with Gasteiger partial charge in [-0.2, -0.15) is 0 Å². The fourth-order valence-electron chi connectivity index (χ4n) is 4.59. The highest BCUT2D eigenvalue weighted by molar-refractivity contribution is 7.12. The topological polar surface area (TPSA) is 41.9 Å². The zero-order chi connectivity index (χ0) is 16.0. The second-order valence-electron chi connectivity index (χ2n) is 7.21. The summed E-state index contributed by atoms with van der Waals surface area (Å²) in [5.74, 6) is 0. The number of aryl methyl sites for hydroxylation is 1. The molecule has 4 rings (SSSR count). The average molecular weight is 337 g/mol. The fourth-order valence-corrected chi connectivity index (χ4v) is 5.77. The van der Waals surface area contributed by atoms with Gasteiger partial charge in [0.05, 0.1) is 37.6 Å². The van der Waals surface area contributed by atoms with E-state index in [1.165, 1.54) is 15.3 Å². The SMILES string of the molecule is CCc1cc2c(s1)CCO[C@@]21CCN(C2COCC2O)[C@@H](C)C1. The highest BCUT2D eigenvalue weighted by Gasteiger charge is 2.47. The van der Waals surface area contributed by atoms with Crippen LogP contribution in [0.5, 0.6) is 0 Å². The molecule has 128 valence electrons. The Morgan fingerprint density at radius 1 is 1.43 bits per heavy atom. The van der Waals surface area contributed by atoms with E-state index in [0.29, 0.717) is 19.3 Å². The maximum atomic E-state index is 10.2. The van der Waals surface area contributed by atoms with Crippen LogP contribution in [0.1, 0.15) is 42.0 Å². The summed E-state index contributed by atoms with van der Waals surface area (Å²) in [6, 6.07) is 2.95. The van der Waals surface area contributed by atoms with Gasteiger partial charge in [-0.15, -0.1) is 11.3 Å². The monoisotopic (exact) mass is 337 g/mol. The molecule has 1 spiro atoms. The first-order chi connectivity index (χ1) is 11.1. The van der Waals surface area contributed by atoms with Gasteiger partial charge in [0.1, 0.15) is 0 Å². The quantitative estimate of drug-likeness (QED) is 0.899. The van der Waals surface area contributed by atoms with Crippen LogP contribution in [0.25, 0.3) is 0 Å². The molecule has 0 radical (unpaired) electrons. The van der Waals surface area contributed by atoms with E-state index in [0.717, 1.165) is 38.8 Å². The number of hydrogen-bond donors (Lipinski definition) is 1. The van der Waals surface area contributed by atoms with Gasteiger partial charge in [0.2, 0.25) is 0 Å². The normalized spacial score (nSPS) is 38.1. The highest BCUT2D eigenvalue weighted by Crippen LogP contribution is 2.46. The molecule has 0 aromatic carbocycles. The molecule has 0 saturated carbocycles.